The smallest absolute Gasteiger partial charge is 0.271 e. The molecule has 9 nitrogen and oxygen atoms in total. The number of non-ortho nitro benzene ring substituents is 1. The number of nitrogens with one attached hydrogen (secondary N) is 2. The molecule has 28 heavy (non-hydrogen) atoms. The number of nitro groups is 1. The number of nitro benzene ring substituents is 1. The summed E-state index contributed by atoms with van der Waals surface area (Å²) < 4.78 is 5.12. The van der Waals surface area contributed by atoms with Crippen LogP contribution in [0.5, 0.6) is 5.75 Å². The number of halogens is 1. The second-order valence-corrected chi connectivity index (χ2v) is 6.77. The molecule has 0 bridgehead atoms. The topological polar surface area (TPSA) is 123 Å². The number of H-pyrrole nitrogens is 1. The van der Waals surface area contributed by atoms with Crippen molar-refractivity contribution in [2.24, 2.45) is 0 Å². The molecule has 0 atom stereocenters. The van der Waals surface area contributed by atoms with Gasteiger partial charge in [-0.3, -0.25) is 20.0 Å². The highest BCUT2D eigenvalue weighted by Crippen LogP contribution is 2.29. The van der Waals surface area contributed by atoms with Crippen molar-refractivity contribution >= 4 is 40.6 Å². The molecule has 2 N–H and O–H groups in total. The second-order valence-electron chi connectivity index (χ2n) is 5.42. The summed E-state index contributed by atoms with van der Waals surface area (Å²) in [6.45, 7) is 0. The molecule has 0 aliphatic rings. The summed E-state index contributed by atoms with van der Waals surface area (Å²) in [5, 5.41) is 21.3. The van der Waals surface area contributed by atoms with Crippen LogP contribution in [0, 0.1) is 10.1 Å². The number of methoxy groups -OCH3 is 1. The Labute approximate surface area is 168 Å². The van der Waals surface area contributed by atoms with E-state index in [9.17, 15) is 14.9 Å². The average molecular weight is 420 g/mol. The number of thioether (sulfide) groups is 1. The van der Waals surface area contributed by atoms with Gasteiger partial charge in [0.25, 0.3) is 5.69 Å². The first-order chi connectivity index (χ1) is 13.5. The van der Waals surface area contributed by atoms with Gasteiger partial charge in [0.2, 0.25) is 11.1 Å². The molecule has 0 saturated heterocycles. The van der Waals surface area contributed by atoms with Crippen LogP contribution in [0.15, 0.2) is 47.6 Å². The maximum Gasteiger partial charge on any atom is 0.271 e. The van der Waals surface area contributed by atoms with E-state index in [1.54, 1.807) is 12.1 Å². The van der Waals surface area contributed by atoms with Gasteiger partial charge in [-0.05, 0) is 18.2 Å². The minimum atomic E-state index is -0.548. The second kappa shape index (κ2) is 8.72. The van der Waals surface area contributed by atoms with Gasteiger partial charge in [0.15, 0.2) is 5.82 Å². The molecule has 1 amide bonds. The van der Waals surface area contributed by atoms with Gasteiger partial charge in [0.05, 0.1) is 28.5 Å². The van der Waals surface area contributed by atoms with E-state index in [4.69, 9.17) is 16.3 Å². The van der Waals surface area contributed by atoms with Crippen LogP contribution in [0.2, 0.25) is 5.02 Å². The van der Waals surface area contributed by atoms with E-state index < -0.39 is 4.92 Å². The molecule has 0 fully saturated rings. The van der Waals surface area contributed by atoms with E-state index in [1.807, 2.05) is 12.1 Å². The Balaban J connectivity index is 1.65. The minimum absolute atomic E-state index is 0.00562. The third-order valence-corrected chi connectivity index (χ3v) is 4.77. The third-order valence-electron chi connectivity index (χ3n) is 3.59. The maximum absolute atomic E-state index is 12.2. The largest absolute Gasteiger partial charge is 0.495 e. The quantitative estimate of drug-likeness (QED) is 0.339. The molecule has 0 unspecified atom stereocenters. The van der Waals surface area contributed by atoms with Crippen molar-refractivity contribution in [2.75, 3.05) is 18.2 Å². The van der Waals surface area contributed by atoms with Gasteiger partial charge >= 0.3 is 0 Å². The Morgan fingerprint density at radius 1 is 1.36 bits per heavy atom. The Kier molecular flexibility index (Phi) is 6.12. The molecular weight excluding hydrogens is 406 g/mol. The van der Waals surface area contributed by atoms with Crippen molar-refractivity contribution in [2.45, 2.75) is 5.16 Å². The van der Waals surface area contributed by atoms with Gasteiger partial charge < -0.3 is 10.1 Å². The first kappa shape index (κ1) is 19.6. The van der Waals surface area contributed by atoms with Crippen LogP contribution >= 0.6 is 23.4 Å². The molecule has 2 aromatic carbocycles. The van der Waals surface area contributed by atoms with Crippen LogP contribution in [-0.4, -0.2) is 38.9 Å². The molecular formula is C17H14ClN5O4S. The first-order valence-corrected chi connectivity index (χ1v) is 9.26. The zero-order valence-corrected chi connectivity index (χ0v) is 16.1. The lowest BCUT2D eigenvalue weighted by Crippen LogP contribution is -2.15. The molecule has 144 valence electrons. The zero-order chi connectivity index (χ0) is 20.1. The number of benzene rings is 2. The highest BCUT2D eigenvalue weighted by Gasteiger charge is 2.15. The number of hydrogen-bond donors (Lipinski definition) is 2. The van der Waals surface area contributed by atoms with E-state index in [2.05, 4.69) is 20.5 Å². The molecule has 0 saturated carbocycles. The van der Waals surface area contributed by atoms with E-state index in [-0.39, 0.29) is 23.0 Å². The van der Waals surface area contributed by atoms with Gasteiger partial charge in [-0.2, -0.15) is 0 Å². The fraction of sp³-hybridized carbons (Fsp3) is 0.118. The highest BCUT2D eigenvalue weighted by molar-refractivity contribution is 7.99. The lowest BCUT2D eigenvalue weighted by Gasteiger charge is -2.09. The van der Waals surface area contributed by atoms with E-state index in [1.165, 1.54) is 25.3 Å². The molecule has 0 radical (unpaired) electrons. The molecule has 3 rings (SSSR count). The van der Waals surface area contributed by atoms with Crippen molar-refractivity contribution in [1.82, 2.24) is 15.2 Å². The predicted octanol–water partition coefficient (Wildman–Crippen LogP) is 3.77. The molecule has 1 heterocycles. The van der Waals surface area contributed by atoms with Crippen LogP contribution in [-0.2, 0) is 4.79 Å². The predicted molar refractivity (Wildman–Crippen MR) is 106 cm³/mol. The summed E-state index contributed by atoms with van der Waals surface area (Å²) in [6, 6.07) is 11.1. The maximum atomic E-state index is 12.2. The van der Waals surface area contributed by atoms with Crippen LogP contribution in [0.3, 0.4) is 0 Å². The zero-order valence-electron chi connectivity index (χ0n) is 14.5. The van der Waals surface area contributed by atoms with E-state index in [0.717, 1.165) is 11.8 Å². The Hall–Kier alpha value is -3.11. The lowest BCUT2D eigenvalue weighted by molar-refractivity contribution is -0.384. The van der Waals surface area contributed by atoms with Crippen LogP contribution in [0.4, 0.5) is 11.4 Å². The van der Waals surface area contributed by atoms with E-state index in [0.29, 0.717) is 27.3 Å². The Bertz CT molecular complexity index is 1030. The molecule has 0 aliphatic heterocycles. The van der Waals surface area contributed by atoms with Gasteiger partial charge in [-0.1, -0.05) is 35.5 Å². The van der Waals surface area contributed by atoms with Gasteiger partial charge in [-0.25, -0.2) is 4.98 Å². The van der Waals surface area contributed by atoms with Gasteiger partial charge in [0, 0.05) is 17.7 Å². The minimum Gasteiger partial charge on any atom is -0.495 e. The number of anilines is 1. The van der Waals surface area contributed by atoms with Crippen molar-refractivity contribution in [3.63, 3.8) is 0 Å². The lowest BCUT2D eigenvalue weighted by atomic mass is 10.2. The summed E-state index contributed by atoms with van der Waals surface area (Å²) in [5.41, 5.74) is 0.769. The fourth-order valence-electron chi connectivity index (χ4n) is 2.31. The monoisotopic (exact) mass is 419 g/mol. The number of nitrogens with zero attached hydrogens (tertiary/aromatic N) is 3. The average Bonchev–Trinajstić information content (AvgIpc) is 3.15. The SMILES string of the molecule is COc1ccc([N+](=O)[O-])cc1NC(=O)CSc1n[nH]c(-c2ccccc2Cl)n1. The number of hydrogen-bond acceptors (Lipinski definition) is 7. The van der Waals surface area contributed by atoms with Crippen LogP contribution in [0.25, 0.3) is 11.4 Å². The van der Waals surface area contributed by atoms with Gasteiger partial charge in [0.1, 0.15) is 5.75 Å². The van der Waals surface area contributed by atoms with E-state index >= 15 is 0 Å². The van der Waals surface area contributed by atoms with Crippen molar-refractivity contribution < 1.29 is 14.5 Å². The summed E-state index contributed by atoms with van der Waals surface area (Å²) in [6.07, 6.45) is 0. The summed E-state index contributed by atoms with van der Waals surface area (Å²) in [7, 11) is 1.41. The van der Waals surface area contributed by atoms with Crippen LogP contribution in [0.1, 0.15) is 0 Å². The summed E-state index contributed by atoms with van der Waals surface area (Å²) in [5.74, 6) is 0.440. The highest BCUT2D eigenvalue weighted by atomic mass is 35.5. The molecule has 0 spiro atoms. The number of aromatic nitrogens is 3. The van der Waals surface area contributed by atoms with Gasteiger partial charge in [-0.15, -0.1) is 5.10 Å². The third kappa shape index (κ3) is 4.59. The normalized spacial score (nSPS) is 10.5. The number of aromatic amines is 1. The first-order valence-electron chi connectivity index (χ1n) is 7.90. The van der Waals surface area contributed by atoms with Crippen molar-refractivity contribution in [3.05, 3.63) is 57.6 Å². The Morgan fingerprint density at radius 2 is 2.14 bits per heavy atom. The molecule has 1 aromatic heterocycles. The summed E-state index contributed by atoms with van der Waals surface area (Å²) in [4.78, 5) is 26.9. The number of carbonyl (C=O) groups excluding carboxylic acids is 1. The van der Waals surface area contributed by atoms with Crippen molar-refractivity contribution in [3.8, 4) is 17.1 Å². The Morgan fingerprint density at radius 3 is 2.86 bits per heavy atom. The van der Waals surface area contributed by atoms with Crippen LogP contribution < -0.4 is 10.1 Å². The summed E-state index contributed by atoms with van der Waals surface area (Å²) >= 11 is 7.24. The molecule has 0 aliphatic carbocycles. The number of amides is 1. The molecule has 3 aromatic rings. The fourth-order valence-corrected chi connectivity index (χ4v) is 3.13. The number of ether oxygens (including phenoxy) is 1. The number of rotatable bonds is 7. The molecule has 11 heteroatoms. The standard InChI is InChI=1S/C17H14ClN5O4S/c1-27-14-7-6-10(23(25)26)8-13(14)19-15(24)9-28-17-20-16(21-22-17)11-4-2-3-5-12(11)18/h2-8H,9H2,1H3,(H,19,24)(H,20,21,22). The number of carbonyl (C=O) groups is 1. The van der Waals surface area contributed by atoms with Crippen molar-refractivity contribution in [1.29, 1.82) is 0 Å².